The molecule has 3 aromatic rings. The predicted molar refractivity (Wildman–Crippen MR) is 79.6 cm³/mol. The highest BCUT2D eigenvalue weighted by Gasteiger charge is 2.35. The van der Waals surface area contributed by atoms with Crippen LogP contribution >= 0.6 is 11.6 Å². The van der Waals surface area contributed by atoms with Crippen LogP contribution in [-0.2, 0) is 13.2 Å². The van der Waals surface area contributed by atoms with Crippen molar-refractivity contribution in [2.75, 3.05) is 0 Å². The van der Waals surface area contributed by atoms with Crippen molar-refractivity contribution in [2.45, 2.75) is 13.1 Å². The Bertz CT molecular complexity index is 1130. The molecule has 0 saturated heterocycles. The van der Waals surface area contributed by atoms with Crippen LogP contribution < -0.4 is 11.2 Å². The van der Waals surface area contributed by atoms with Gasteiger partial charge in [-0.15, -0.1) is 0 Å². The van der Waals surface area contributed by atoms with Crippen molar-refractivity contribution >= 4 is 22.6 Å². The molecule has 3 rings (SSSR count). The molecule has 1 aromatic carbocycles. The van der Waals surface area contributed by atoms with Gasteiger partial charge >= 0.3 is 11.9 Å². The Hall–Kier alpha value is -2.62. The Morgan fingerprint density at radius 1 is 1.24 bits per heavy atom. The highest BCUT2D eigenvalue weighted by Crippen LogP contribution is 2.33. The van der Waals surface area contributed by atoms with Crippen LogP contribution in [0.25, 0.3) is 16.7 Å². The van der Waals surface area contributed by atoms with Gasteiger partial charge in [-0.25, -0.2) is 13.8 Å². The molecule has 0 amide bonds. The Balaban J connectivity index is 2.45. The lowest BCUT2D eigenvalue weighted by atomic mass is 10.2. The molecule has 0 radical (unpaired) electrons. The van der Waals surface area contributed by atoms with Crippen LogP contribution in [0.3, 0.4) is 0 Å². The highest BCUT2D eigenvalue weighted by molar-refractivity contribution is 6.37. The minimum Gasteiger partial charge on any atom is -0.356 e. The first-order chi connectivity index (χ1) is 11.5. The van der Waals surface area contributed by atoms with Crippen LogP contribution in [0.15, 0.2) is 26.2 Å². The Morgan fingerprint density at radius 3 is 2.48 bits per heavy atom. The number of aromatic nitrogens is 3. The molecular formula is C14H8ClF4N3O3. The summed E-state index contributed by atoms with van der Waals surface area (Å²) in [5.74, 6) is -1.12. The van der Waals surface area contributed by atoms with E-state index in [1.54, 1.807) is 0 Å². The van der Waals surface area contributed by atoms with E-state index >= 15 is 0 Å². The molecule has 2 aromatic heterocycles. The summed E-state index contributed by atoms with van der Waals surface area (Å²) in [6.45, 7) is 1.49. The van der Waals surface area contributed by atoms with Gasteiger partial charge in [0.1, 0.15) is 11.4 Å². The van der Waals surface area contributed by atoms with Crippen molar-refractivity contribution in [1.82, 2.24) is 14.3 Å². The molecule has 0 bridgehead atoms. The number of hydrogen-bond acceptors (Lipinski definition) is 4. The van der Waals surface area contributed by atoms with E-state index in [1.807, 2.05) is 0 Å². The molecule has 0 unspecified atom stereocenters. The van der Waals surface area contributed by atoms with E-state index in [-0.39, 0.29) is 36.9 Å². The maximum Gasteiger partial charge on any atom is 0.431 e. The monoisotopic (exact) mass is 377 g/mol. The van der Waals surface area contributed by atoms with Crippen molar-refractivity contribution in [3.05, 3.63) is 55.2 Å². The second-order valence-electron chi connectivity index (χ2n) is 5.20. The van der Waals surface area contributed by atoms with Gasteiger partial charge in [0, 0.05) is 19.2 Å². The predicted octanol–water partition coefficient (Wildman–Crippen LogP) is 2.80. The zero-order valence-corrected chi connectivity index (χ0v) is 13.4. The smallest absolute Gasteiger partial charge is 0.356 e. The molecule has 6 nitrogen and oxygen atoms in total. The zero-order chi connectivity index (χ0) is 18.7. The van der Waals surface area contributed by atoms with Crippen LogP contribution in [0.2, 0.25) is 5.02 Å². The molecule has 2 heterocycles. The van der Waals surface area contributed by atoms with Crippen molar-refractivity contribution in [2.24, 2.45) is 7.05 Å². The van der Waals surface area contributed by atoms with Crippen molar-refractivity contribution in [1.29, 1.82) is 0 Å². The third-order valence-electron chi connectivity index (χ3n) is 3.63. The van der Waals surface area contributed by atoms with E-state index in [0.29, 0.717) is 0 Å². The molecule has 0 aliphatic heterocycles. The first-order valence-corrected chi connectivity index (χ1v) is 7.06. The lowest BCUT2D eigenvalue weighted by Crippen LogP contribution is -2.41. The van der Waals surface area contributed by atoms with Crippen LogP contribution in [0, 0.1) is 12.7 Å². The van der Waals surface area contributed by atoms with Gasteiger partial charge in [0.15, 0.2) is 11.4 Å². The quantitative estimate of drug-likeness (QED) is 0.611. The summed E-state index contributed by atoms with van der Waals surface area (Å²) in [4.78, 5) is 24.4. The fourth-order valence-corrected chi connectivity index (χ4v) is 2.87. The molecular weight excluding hydrogens is 370 g/mol. The van der Waals surface area contributed by atoms with Gasteiger partial charge < -0.3 is 4.52 Å². The fourth-order valence-electron chi connectivity index (χ4n) is 2.47. The number of halogens is 5. The van der Waals surface area contributed by atoms with Crippen molar-refractivity contribution in [3.8, 4) is 5.69 Å². The minimum absolute atomic E-state index is 0.0273. The molecule has 0 N–H and O–H groups in total. The summed E-state index contributed by atoms with van der Waals surface area (Å²) in [6.07, 6.45) is -4.93. The van der Waals surface area contributed by atoms with Crippen LogP contribution in [0.4, 0.5) is 17.6 Å². The molecule has 11 heteroatoms. The average Bonchev–Trinajstić information content (AvgIpc) is 2.86. The summed E-state index contributed by atoms with van der Waals surface area (Å²) in [7, 11) is 0.816. The maximum atomic E-state index is 14.4. The summed E-state index contributed by atoms with van der Waals surface area (Å²) < 4.78 is 58.4. The fraction of sp³-hybridized carbons (Fsp3) is 0.214. The summed E-state index contributed by atoms with van der Waals surface area (Å²) in [5.41, 5.74) is -4.66. The van der Waals surface area contributed by atoms with Gasteiger partial charge in [0.25, 0.3) is 5.56 Å². The Morgan fingerprint density at radius 2 is 1.88 bits per heavy atom. The van der Waals surface area contributed by atoms with Gasteiger partial charge in [-0.2, -0.15) is 13.2 Å². The van der Waals surface area contributed by atoms with Crippen LogP contribution in [0.5, 0.6) is 0 Å². The number of nitrogens with zero attached hydrogens (tertiary/aromatic N) is 3. The van der Waals surface area contributed by atoms with Crippen molar-refractivity contribution in [3.63, 3.8) is 0 Å². The van der Waals surface area contributed by atoms with Gasteiger partial charge in [0.2, 0.25) is 0 Å². The lowest BCUT2D eigenvalue weighted by molar-refractivity contribution is -0.144. The van der Waals surface area contributed by atoms with E-state index in [2.05, 4.69) is 5.16 Å². The van der Waals surface area contributed by atoms with E-state index in [1.165, 1.54) is 6.92 Å². The molecule has 0 fully saturated rings. The molecule has 0 atom stereocenters. The molecule has 0 aliphatic rings. The lowest BCUT2D eigenvalue weighted by Gasteiger charge is -2.15. The van der Waals surface area contributed by atoms with Gasteiger partial charge in [-0.3, -0.25) is 9.36 Å². The largest absolute Gasteiger partial charge is 0.431 e. The van der Waals surface area contributed by atoms with E-state index in [9.17, 15) is 27.2 Å². The highest BCUT2D eigenvalue weighted by atomic mass is 35.5. The van der Waals surface area contributed by atoms with Crippen LogP contribution in [-0.4, -0.2) is 14.3 Å². The Labute approximate surface area is 140 Å². The van der Waals surface area contributed by atoms with Gasteiger partial charge in [-0.05, 0) is 6.92 Å². The second kappa shape index (κ2) is 5.45. The first kappa shape index (κ1) is 17.2. The number of alkyl halides is 3. The second-order valence-corrected chi connectivity index (χ2v) is 5.58. The topological polar surface area (TPSA) is 70.0 Å². The maximum absolute atomic E-state index is 14.4. The normalized spacial score (nSPS) is 12.1. The number of benzene rings is 1. The minimum atomic E-state index is -4.93. The molecule has 25 heavy (non-hydrogen) atoms. The number of fused-ring (bicyclic) bond motifs is 1. The third kappa shape index (κ3) is 2.53. The summed E-state index contributed by atoms with van der Waals surface area (Å²) in [6, 6.07) is 1.04. The standard InChI is InChI=1S/C14H8ClF4N3O3/c1-5-10-7(25-20-5)3-6(16)12(11(10)15)22-9(23)4-8(14(17,18)19)21(2)13(22)24/h3-4H,1-2H3. The molecule has 132 valence electrons. The third-order valence-corrected chi connectivity index (χ3v) is 4.00. The molecule has 0 aliphatic carbocycles. The van der Waals surface area contributed by atoms with E-state index < -0.39 is 34.6 Å². The van der Waals surface area contributed by atoms with Gasteiger partial charge in [0.05, 0.1) is 16.1 Å². The SMILES string of the molecule is Cc1noc2cc(F)c(-n3c(=O)cc(C(F)(F)F)n(C)c3=O)c(Cl)c12. The van der Waals surface area contributed by atoms with E-state index in [0.717, 1.165) is 13.1 Å². The van der Waals surface area contributed by atoms with Crippen molar-refractivity contribution < 1.29 is 22.1 Å². The first-order valence-electron chi connectivity index (χ1n) is 6.68. The van der Waals surface area contributed by atoms with Gasteiger partial charge in [-0.1, -0.05) is 16.8 Å². The number of rotatable bonds is 1. The number of hydrogen-bond donors (Lipinski definition) is 0. The average molecular weight is 378 g/mol. The molecule has 0 saturated carbocycles. The Kier molecular flexibility index (Phi) is 3.75. The summed E-state index contributed by atoms with van der Waals surface area (Å²) in [5, 5.41) is 3.37. The van der Waals surface area contributed by atoms with E-state index in [4.69, 9.17) is 16.1 Å². The zero-order valence-electron chi connectivity index (χ0n) is 12.6. The summed E-state index contributed by atoms with van der Waals surface area (Å²) >= 11 is 6.08. The van der Waals surface area contributed by atoms with Crippen LogP contribution in [0.1, 0.15) is 11.4 Å². The molecule has 0 spiro atoms. The number of aryl methyl sites for hydroxylation is 1.